The highest BCUT2D eigenvalue weighted by Gasteiger charge is 2.15. The summed E-state index contributed by atoms with van der Waals surface area (Å²) in [6.07, 6.45) is -0.0701. The lowest BCUT2D eigenvalue weighted by molar-refractivity contribution is -0.136. The van der Waals surface area contributed by atoms with Gasteiger partial charge in [-0.15, -0.1) is 0 Å². The van der Waals surface area contributed by atoms with Crippen molar-refractivity contribution in [2.24, 2.45) is 0 Å². The summed E-state index contributed by atoms with van der Waals surface area (Å²) in [4.78, 5) is 17.9. The number of para-hydroxylation sites is 1. The number of nitrogens with one attached hydrogen (secondary N) is 1. The topological polar surface area (TPSA) is 65.5 Å². The smallest absolute Gasteiger partial charge is 0.307 e. The maximum Gasteiger partial charge on any atom is 0.307 e. The molecular formula is C20H21N3O2. The van der Waals surface area contributed by atoms with Gasteiger partial charge in [0.05, 0.1) is 17.6 Å². The summed E-state index contributed by atoms with van der Waals surface area (Å²) < 4.78 is 0. The number of pyridine rings is 1. The Bertz CT molecular complexity index is 935. The molecule has 5 nitrogen and oxygen atoms in total. The summed E-state index contributed by atoms with van der Waals surface area (Å²) in [5.41, 5.74) is 5.07. The first-order chi connectivity index (χ1) is 12.0. The van der Waals surface area contributed by atoms with Gasteiger partial charge in [0, 0.05) is 42.1 Å². The van der Waals surface area contributed by atoms with Crippen LogP contribution in [0.5, 0.6) is 0 Å². The van der Waals surface area contributed by atoms with Gasteiger partial charge in [0.2, 0.25) is 0 Å². The van der Waals surface area contributed by atoms with E-state index in [0.717, 1.165) is 33.7 Å². The molecule has 1 aromatic heterocycles. The van der Waals surface area contributed by atoms with Crippen LogP contribution in [-0.4, -0.2) is 30.2 Å². The number of benzene rings is 2. The molecule has 0 aliphatic carbocycles. The number of carboxylic acid groups (broad SMARTS) is 1. The number of hydrogen-bond acceptors (Lipinski definition) is 4. The van der Waals surface area contributed by atoms with Gasteiger partial charge < -0.3 is 15.3 Å². The van der Waals surface area contributed by atoms with Gasteiger partial charge in [0.1, 0.15) is 0 Å². The zero-order valence-electron chi connectivity index (χ0n) is 14.6. The molecule has 1 heterocycles. The molecule has 0 spiro atoms. The second kappa shape index (κ2) is 6.81. The van der Waals surface area contributed by atoms with E-state index in [9.17, 15) is 9.90 Å². The summed E-state index contributed by atoms with van der Waals surface area (Å²) >= 11 is 0. The molecule has 0 amide bonds. The van der Waals surface area contributed by atoms with Crippen LogP contribution in [0.3, 0.4) is 0 Å². The average Bonchev–Trinajstić information content (AvgIpc) is 2.58. The molecule has 2 aromatic carbocycles. The van der Waals surface area contributed by atoms with Gasteiger partial charge in [-0.25, -0.2) is 0 Å². The van der Waals surface area contributed by atoms with Crippen molar-refractivity contribution < 1.29 is 9.90 Å². The van der Waals surface area contributed by atoms with Crippen molar-refractivity contribution in [3.05, 3.63) is 59.8 Å². The number of hydrogen-bond donors (Lipinski definition) is 2. The van der Waals surface area contributed by atoms with Crippen molar-refractivity contribution >= 4 is 33.9 Å². The first kappa shape index (κ1) is 16.8. The maximum atomic E-state index is 11.3. The van der Waals surface area contributed by atoms with E-state index in [2.05, 4.69) is 10.3 Å². The number of carbonyl (C=O) groups is 1. The number of aromatic nitrogens is 1. The van der Waals surface area contributed by atoms with Crippen LogP contribution in [0, 0.1) is 6.92 Å². The minimum atomic E-state index is -0.870. The second-order valence-corrected chi connectivity index (χ2v) is 6.21. The molecule has 0 unspecified atom stereocenters. The van der Waals surface area contributed by atoms with Crippen molar-refractivity contribution in [3.63, 3.8) is 0 Å². The Morgan fingerprint density at radius 3 is 2.64 bits per heavy atom. The Labute approximate surface area is 146 Å². The lowest BCUT2D eigenvalue weighted by atomic mass is 10.0. The Hall–Kier alpha value is -3.08. The lowest BCUT2D eigenvalue weighted by Gasteiger charge is -2.18. The quantitative estimate of drug-likeness (QED) is 0.738. The minimum Gasteiger partial charge on any atom is -0.481 e. The molecule has 0 radical (unpaired) electrons. The Kier molecular flexibility index (Phi) is 4.57. The summed E-state index contributed by atoms with van der Waals surface area (Å²) in [7, 11) is 3.97. The average molecular weight is 335 g/mol. The van der Waals surface area contributed by atoms with Crippen molar-refractivity contribution in [2.45, 2.75) is 13.3 Å². The molecule has 25 heavy (non-hydrogen) atoms. The van der Waals surface area contributed by atoms with Crippen molar-refractivity contribution in [3.8, 4) is 0 Å². The SMILES string of the molecule is Cc1nc2ccccc2c(Nc2cccc(N(C)C)c2)c1CC(=O)O. The number of carboxylic acids is 1. The van der Waals surface area contributed by atoms with Crippen molar-refractivity contribution in [2.75, 3.05) is 24.3 Å². The Balaban J connectivity index is 2.15. The first-order valence-corrected chi connectivity index (χ1v) is 8.10. The van der Waals surface area contributed by atoms with Crippen LogP contribution in [0.1, 0.15) is 11.3 Å². The molecule has 0 bridgehead atoms. The van der Waals surface area contributed by atoms with E-state index in [0.29, 0.717) is 5.56 Å². The number of aryl methyl sites for hydroxylation is 1. The van der Waals surface area contributed by atoms with Crippen LogP contribution in [0.4, 0.5) is 17.1 Å². The summed E-state index contributed by atoms with van der Waals surface area (Å²) in [5.74, 6) is -0.870. The highest BCUT2D eigenvalue weighted by molar-refractivity contribution is 5.96. The lowest BCUT2D eigenvalue weighted by Crippen LogP contribution is -2.10. The molecule has 128 valence electrons. The van der Waals surface area contributed by atoms with E-state index in [1.54, 1.807) is 0 Å². The number of nitrogens with zero attached hydrogens (tertiary/aromatic N) is 2. The minimum absolute atomic E-state index is 0.0701. The Morgan fingerprint density at radius 2 is 1.92 bits per heavy atom. The van der Waals surface area contributed by atoms with Crippen molar-refractivity contribution in [1.82, 2.24) is 4.98 Å². The largest absolute Gasteiger partial charge is 0.481 e. The molecule has 0 saturated carbocycles. The van der Waals surface area contributed by atoms with Gasteiger partial charge in [-0.3, -0.25) is 9.78 Å². The zero-order valence-corrected chi connectivity index (χ0v) is 14.6. The number of anilines is 3. The van der Waals surface area contributed by atoms with Gasteiger partial charge in [-0.1, -0.05) is 24.3 Å². The normalized spacial score (nSPS) is 10.7. The fraction of sp³-hybridized carbons (Fsp3) is 0.200. The summed E-state index contributed by atoms with van der Waals surface area (Å²) in [6, 6.07) is 15.8. The standard InChI is InChI=1S/C20H21N3O2/c1-13-17(12-19(24)25)20(16-9-4-5-10-18(16)21-13)22-14-7-6-8-15(11-14)23(2)3/h4-11H,12H2,1-3H3,(H,21,22)(H,24,25). The van der Waals surface area contributed by atoms with Crippen LogP contribution in [0.2, 0.25) is 0 Å². The van der Waals surface area contributed by atoms with E-state index >= 15 is 0 Å². The van der Waals surface area contributed by atoms with Gasteiger partial charge in [-0.05, 0) is 31.2 Å². The third kappa shape index (κ3) is 3.55. The molecule has 0 atom stereocenters. The van der Waals surface area contributed by atoms with Crippen molar-refractivity contribution in [1.29, 1.82) is 0 Å². The third-order valence-electron chi connectivity index (χ3n) is 4.16. The molecule has 0 aliphatic heterocycles. The number of rotatable bonds is 5. The van der Waals surface area contributed by atoms with E-state index < -0.39 is 5.97 Å². The van der Waals surface area contributed by atoms with Crippen LogP contribution >= 0.6 is 0 Å². The second-order valence-electron chi connectivity index (χ2n) is 6.21. The molecule has 5 heteroatoms. The highest BCUT2D eigenvalue weighted by atomic mass is 16.4. The van der Waals surface area contributed by atoms with E-state index in [1.165, 1.54) is 0 Å². The third-order valence-corrected chi connectivity index (χ3v) is 4.16. The highest BCUT2D eigenvalue weighted by Crippen LogP contribution is 2.32. The van der Waals surface area contributed by atoms with Gasteiger partial charge in [0.15, 0.2) is 0 Å². The molecule has 3 aromatic rings. The number of fused-ring (bicyclic) bond motifs is 1. The van der Waals surface area contributed by atoms with Gasteiger partial charge in [0.25, 0.3) is 0 Å². The molecule has 2 N–H and O–H groups in total. The molecule has 3 rings (SSSR count). The van der Waals surface area contributed by atoms with Crippen LogP contribution in [0.25, 0.3) is 10.9 Å². The predicted molar refractivity (Wildman–Crippen MR) is 102 cm³/mol. The zero-order chi connectivity index (χ0) is 18.0. The fourth-order valence-electron chi connectivity index (χ4n) is 2.89. The summed E-state index contributed by atoms with van der Waals surface area (Å²) in [6.45, 7) is 1.85. The molecule has 0 saturated heterocycles. The fourth-order valence-corrected chi connectivity index (χ4v) is 2.89. The maximum absolute atomic E-state index is 11.3. The van der Waals surface area contributed by atoms with E-state index in [1.807, 2.05) is 74.4 Å². The number of aliphatic carboxylic acids is 1. The monoisotopic (exact) mass is 335 g/mol. The van der Waals surface area contributed by atoms with Gasteiger partial charge in [-0.2, -0.15) is 0 Å². The van der Waals surface area contributed by atoms with E-state index in [4.69, 9.17) is 0 Å². The van der Waals surface area contributed by atoms with Gasteiger partial charge >= 0.3 is 5.97 Å². The summed E-state index contributed by atoms with van der Waals surface area (Å²) in [5, 5.41) is 13.7. The van der Waals surface area contributed by atoms with Crippen LogP contribution in [0.15, 0.2) is 48.5 Å². The van der Waals surface area contributed by atoms with Crippen LogP contribution in [-0.2, 0) is 11.2 Å². The Morgan fingerprint density at radius 1 is 1.16 bits per heavy atom. The molecular weight excluding hydrogens is 314 g/mol. The molecule has 0 aliphatic rings. The first-order valence-electron chi connectivity index (χ1n) is 8.10. The van der Waals surface area contributed by atoms with E-state index in [-0.39, 0.29) is 6.42 Å². The van der Waals surface area contributed by atoms with Crippen LogP contribution < -0.4 is 10.2 Å². The predicted octanol–water partition coefficient (Wildman–Crippen LogP) is 3.98. The molecule has 0 fully saturated rings.